The minimum absolute atomic E-state index is 0.275. The van der Waals surface area contributed by atoms with Crippen LogP contribution < -0.4 is 0 Å². The van der Waals surface area contributed by atoms with Gasteiger partial charge >= 0.3 is 0 Å². The third-order valence-corrected chi connectivity index (χ3v) is 3.03. The van der Waals surface area contributed by atoms with Crippen LogP contribution in [0.3, 0.4) is 0 Å². The summed E-state index contributed by atoms with van der Waals surface area (Å²) in [6.45, 7) is 6.07. The molecule has 2 fully saturated rings. The summed E-state index contributed by atoms with van der Waals surface area (Å²) in [5, 5.41) is 0. The van der Waals surface area contributed by atoms with Crippen molar-refractivity contribution in [2.75, 3.05) is 13.2 Å². The Morgan fingerprint density at radius 1 is 1.17 bits per heavy atom. The van der Waals surface area contributed by atoms with Gasteiger partial charge in [0.05, 0.1) is 13.2 Å². The van der Waals surface area contributed by atoms with E-state index < -0.39 is 0 Å². The first-order valence-corrected chi connectivity index (χ1v) is 4.96. The zero-order chi connectivity index (χ0) is 8.66. The zero-order valence-corrected chi connectivity index (χ0v) is 8.06. The SMILES string of the molecule is CCCC1(C)OCC2(CC2)CO1. The van der Waals surface area contributed by atoms with E-state index >= 15 is 0 Å². The van der Waals surface area contributed by atoms with Crippen molar-refractivity contribution in [3.63, 3.8) is 0 Å². The van der Waals surface area contributed by atoms with Gasteiger partial charge in [0.2, 0.25) is 0 Å². The number of hydrogen-bond acceptors (Lipinski definition) is 2. The zero-order valence-electron chi connectivity index (χ0n) is 8.06. The Bertz CT molecular complexity index is 163. The second kappa shape index (κ2) is 2.71. The van der Waals surface area contributed by atoms with E-state index in [1.165, 1.54) is 12.8 Å². The summed E-state index contributed by atoms with van der Waals surface area (Å²) in [7, 11) is 0. The molecule has 0 unspecified atom stereocenters. The van der Waals surface area contributed by atoms with Crippen LogP contribution in [0, 0.1) is 5.41 Å². The molecule has 1 aliphatic carbocycles. The van der Waals surface area contributed by atoms with Crippen LogP contribution >= 0.6 is 0 Å². The Morgan fingerprint density at radius 3 is 2.17 bits per heavy atom. The minimum Gasteiger partial charge on any atom is -0.350 e. The van der Waals surface area contributed by atoms with Gasteiger partial charge in [0.1, 0.15) is 0 Å². The van der Waals surface area contributed by atoms with Crippen LogP contribution in [0.5, 0.6) is 0 Å². The van der Waals surface area contributed by atoms with E-state index in [2.05, 4.69) is 13.8 Å². The molecule has 0 bridgehead atoms. The molecule has 0 radical (unpaired) electrons. The van der Waals surface area contributed by atoms with Gasteiger partial charge in [-0.25, -0.2) is 0 Å². The van der Waals surface area contributed by atoms with Gasteiger partial charge < -0.3 is 9.47 Å². The van der Waals surface area contributed by atoms with Gasteiger partial charge in [-0.05, 0) is 19.8 Å². The molecule has 70 valence electrons. The van der Waals surface area contributed by atoms with Crippen LogP contribution in [0.25, 0.3) is 0 Å². The first-order valence-electron chi connectivity index (χ1n) is 4.96. The van der Waals surface area contributed by atoms with Crippen LogP contribution in [-0.2, 0) is 9.47 Å². The van der Waals surface area contributed by atoms with E-state index in [-0.39, 0.29) is 5.79 Å². The summed E-state index contributed by atoms with van der Waals surface area (Å²) in [6, 6.07) is 0. The third kappa shape index (κ3) is 1.50. The highest BCUT2D eigenvalue weighted by molar-refractivity contribution is 4.95. The molecule has 1 heterocycles. The van der Waals surface area contributed by atoms with Crippen molar-refractivity contribution in [1.82, 2.24) is 0 Å². The number of ether oxygens (including phenoxy) is 2. The molecule has 1 saturated carbocycles. The van der Waals surface area contributed by atoms with Crippen molar-refractivity contribution < 1.29 is 9.47 Å². The van der Waals surface area contributed by atoms with Gasteiger partial charge in [-0.3, -0.25) is 0 Å². The molecule has 2 heteroatoms. The van der Waals surface area contributed by atoms with E-state index in [0.717, 1.165) is 26.1 Å². The van der Waals surface area contributed by atoms with Crippen molar-refractivity contribution in [2.24, 2.45) is 5.41 Å². The van der Waals surface area contributed by atoms with Gasteiger partial charge in [0, 0.05) is 11.8 Å². The largest absolute Gasteiger partial charge is 0.350 e. The maximum Gasteiger partial charge on any atom is 0.165 e. The first-order chi connectivity index (χ1) is 5.68. The van der Waals surface area contributed by atoms with E-state index in [1.54, 1.807) is 0 Å². The van der Waals surface area contributed by atoms with Gasteiger partial charge in [-0.2, -0.15) is 0 Å². The summed E-state index contributed by atoms with van der Waals surface area (Å²) in [5.41, 5.74) is 0.438. The lowest BCUT2D eigenvalue weighted by molar-refractivity contribution is -0.281. The average Bonchev–Trinajstić information content (AvgIpc) is 2.79. The Hall–Kier alpha value is -0.0800. The second-order valence-corrected chi connectivity index (χ2v) is 4.46. The van der Waals surface area contributed by atoms with Crippen molar-refractivity contribution >= 4 is 0 Å². The van der Waals surface area contributed by atoms with Gasteiger partial charge in [-0.1, -0.05) is 13.3 Å². The standard InChI is InChI=1S/C10H18O2/c1-3-4-9(2)11-7-10(5-6-10)8-12-9/h3-8H2,1-2H3. The summed E-state index contributed by atoms with van der Waals surface area (Å²) < 4.78 is 11.5. The Balaban J connectivity index is 1.87. The number of rotatable bonds is 2. The van der Waals surface area contributed by atoms with E-state index in [1.807, 2.05) is 0 Å². The third-order valence-electron chi connectivity index (χ3n) is 3.03. The Labute approximate surface area is 74.2 Å². The smallest absolute Gasteiger partial charge is 0.165 e. The second-order valence-electron chi connectivity index (χ2n) is 4.46. The molecule has 1 saturated heterocycles. The summed E-state index contributed by atoms with van der Waals surface area (Å²) in [6.07, 6.45) is 4.75. The molecule has 2 rings (SSSR count). The summed E-state index contributed by atoms with van der Waals surface area (Å²) in [4.78, 5) is 0. The van der Waals surface area contributed by atoms with Crippen LogP contribution in [-0.4, -0.2) is 19.0 Å². The highest BCUT2D eigenvalue weighted by Crippen LogP contribution is 2.50. The predicted molar refractivity (Wildman–Crippen MR) is 46.9 cm³/mol. The molecule has 12 heavy (non-hydrogen) atoms. The monoisotopic (exact) mass is 170 g/mol. The Kier molecular flexibility index (Phi) is 1.92. The average molecular weight is 170 g/mol. The molecule has 1 aliphatic heterocycles. The highest BCUT2D eigenvalue weighted by Gasteiger charge is 2.49. The topological polar surface area (TPSA) is 18.5 Å². The molecule has 0 aromatic rings. The normalized spacial score (nSPS) is 30.5. The fraction of sp³-hybridized carbons (Fsp3) is 1.00. The van der Waals surface area contributed by atoms with Crippen molar-refractivity contribution in [3.8, 4) is 0 Å². The molecule has 0 aromatic carbocycles. The quantitative estimate of drug-likeness (QED) is 0.633. The van der Waals surface area contributed by atoms with E-state index in [9.17, 15) is 0 Å². The number of hydrogen-bond donors (Lipinski definition) is 0. The van der Waals surface area contributed by atoms with Gasteiger partial charge in [0.25, 0.3) is 0 Å². The molecule has 1 spiro atoms. The molecule has 2 nitrogen and oxygen atoms in total. The van der Waals surface area contributed by atoms with Gasteiger partial charge in [-0.15, -0.1) is 0 Å². The van der Waals surface area contributed by atoms with Crippen molar-refractivity contribution in [1.29, 1.82) is 0 Å². The van der Waals surface area contributed by atoms with Crippen molar-refractivity contribution in [2.45, 2.75) is 45.3 Å². The molecular weight excluding hydrogens is 152 g/mol. The summed E-state index contributed by atoms with van der Waals surface area (Å²) >= 11 is 0. The first kappa shape index (κ1) is 8.52. The molecule has 0 aromatic heterocycles. The maximum absolute atomic E-state index is 5.76. The van der Waals surface area contributed by atoms with E-state index in [4.69, 9.17) is 9.47 Å². The predicted octanol–water partition coefficient (Wildman–Crippen LogP) is 2.33. The highest BCUT2D eigenvalue weighted by atomic mass is 16.7. The fourth-order valence-electron chi connectivity index (χ4n) is 1.76. The van der Waals surface area contributed by atoms with Crippen LogP contribution in [0.15, 0.2) is 0 Å². The van der Waals surface area contributed by atoms with Gasteiger partial charge in [0.15, 0.2) is 5.79 Å². The van der Waals surface area contributed by atoms with Crippen LogP contribution in [0.4, 0.5) is 0 Å². The fourth-order valence-corrected chi connectivity index (χ4v) is 1.76. The Morgan fingerprint density at radius 2 is 1.75 bits per heavy atom. The lowest BCUT2D eigenvalue weighted by atomic mass is 10.1. The molecule has 0 atom stereocenters. The van der Waals surface area contributed by atoms with Crippen LogP contribution in [0.1, 0.15) is 39.5 Å². The molecule has 2 aliphatic rings. The lowest BCUT2D eigenvalue weighted by Crippen LogP contribution is -2.42. The van der Waals surface area contributed by atoms with Crippen LogP contribution in [0.2, 0.25) is 0 Å². The van der Waals surface area contributed by atoms with E-state index in [0.29, 0.717) is 5.41 Å². The minimum atomic E-state index is -0.275. The van der Waals surface area contributed by atoms with Crippen molar-refractivity contribution in [3.05, 3.63) is 0 Å². The lowest BCUT2D eigenvalue weighted by Gasteiger charge is -2.37. The molecule has 0 amide bonds. The molecule has 0 N–H and O–H groups in total. The maximum atomic E-state index is 5.76. The summed E-state index contributed by atoms with van der Waals surface area (Å²) in [5.74, 6) is -0.275. The molecular formula is C10H18O2.